The lowest BCUT2D eigenvalue weighted by molar-refractivity contribution is -0.161. The maximum atomic E-state index is 13.0. The second-order valence-electron chi connectivity index (χ2n) is 28.5. The summed E-state index contributed by atoms with van der Waals surface area (Å²) in [7, 11) is -9.84. The molecule has 0 rings (SSSR count). The number of allylic oxidation sites excluding steroid dienone is 36. The van der Waals surface area contributed by atoms with E-state index in [9.17, 15) is 43.5 Å². The normalized spacial score (nSPS) is 14.9. The Morgan fingerprint density at radius 3 is 0.704 bits per heavy atom. The number of hydrogen-bond acceptors (Lipinski definition) is 14. The van der Waals surface area contributed by atoms with Gasteiger partial charge in [-0.15, -0.1) is 0 Å². The highest BCUT2D eigenvalue weighted by Crippen LogP contribution is 2.45. The van der Waals surface area contributed by atoms with E-state index in [0.29, 0.717) is 25.7 Å². The largest absolute Gasteiger partial charge is 0.472 e. The Kier molecular flexibility index (Phi) is 82.5. The zero-order valence-electron chi connectivity index (χ0n) is 71.4. The lowest BCUT2D eigenvalue weighted by Gasteiger charge is -2.21. The van der Waals surface area contributed by atoms with E-state index < -0.39 is 91.5 Å². The summed E-state index contributed by atoms with van der Waals surface area (Å²) in [6.45, 7) is 2.27. The molecule has 5 atom stereocenters. The number of rotatable bonds is 81. The summed E-state index contributed by atoms with van der Waals surface area (Å²) >= 11 is 0. The van der Waals surface area contributed by atoms with Crippen LogP contribution in [0.4, 0.5) is 0 Å². The fraction of sp³-hybridized carbons (Fsp3) is 0.598. The molecule has 16 nitrogen and oxygen atoms in total. The topological polar surface area (TPSA) is 231 Å². The maximum absolute atomic E-state index is 13.0. The molecular weight excluding hydrogens is 1480 g/mol. The molecule has 18 heteroatoms. The molecule has 650 valence electrons. The van der Waals surface area contributed by atoms with Gasteiger partial charge in [-0.2, -0.15) is 0 Å². The van der Waals surface area contributed by atoms with Gasteiger partial charge >= 0.3 is 33.6 Å². The van der Waals surface area contributed by atoms with E-state index in [0.717, 1.165) is 186 Å². The Morgan fingerprint density at radius 1 is 0.243 bits per heavy atom. The van der Waals surface area contributed by atoms with Crippen LogP contribution in [0.15, 0.2) is 219 Å². The van der Waals surface area contributed by atoms with Crippen molar-refractivity contribution in [3.63, 3.8) is 0 Å². The van der Waals surface area contributed by atoms with Gasteiger partial charge in [0.05, 0.1) is 26.4 Å². The minimum Gasteiger partial charge on any atom is -0.463 e. The first-order chi connectivity index (χ1) is 56.2. The first kappa shape index (κ1) is 109. The number of aliphatic hydroxyl groups excluding tert-OH is 2. The maximum Gasteiger partial charge on any atom is 0.472 e. The molecule has 5 unspecified atom stereocenters. The third-order valence-corrected chi connectivity index (χ3v) is 19.6. The van der Waals surface area contributed by atoms with Gasteiger partial charge in [-0.05, 0) is 173 Å². The summed E-state index contributed by atoms with van der Waals surface area (Å²) in [6, 6.07) is 0. The van der Waals surface area contributed by atoms with Gasteiger partial charge in [0, 0.05) is 19.3 Å². The molecule has 0 bridgehead atoms. The smallest absolute Gasteiger partial charge is 0.463 e. The van der Waals surface area contributed by atoms with Gasteiger partial charge in [0.15, 0.2) is 6.10 Å². The number of carbonyl (C=O) groups excluding carboxylic acids is 3. The number of hydrogen-bond donors (Lipinski definition) is 4. The molecule has 0 spiro atoms. The van der Waals surface area contributed by atoms with Crippen molar-refractivity contribution in [1.29, 1.82) is 0 Å². The Labute approximate surface area is 698 Å². The molecule has 0 aliphatic heterocycles. The van der Waals surface area contributed by atoms with Crippen LogP contribution in [0.2, 0.25) is 0 Å². The minimum atomic E-state index is -4.96. The fourth-order valence-electron chi connectivity index (χ4n) is 11.1. The van der Waals surface area contributed by atoms with Gasteiger partial charge < -0.3 is 34.2 Å². The average Bonchev–Trinajstić information content (AvgIpc) is 0.901. The third-order valence-electron chi connectivity index (χ3n) is 17.7. The van der Waals surface area contributed by atoms with Crippen LogP contribution >= 0.6 is 15.6 Å². The predicted molar refractivity (Wildman–Crippen MR) is 481 cm³/mol. The molecule has 115 heavy (non-hydrogen) atoms. The molecule has 0 saturated carbocycles. The zero-order chi connectivity index (χ0) is 83.6. The van der Waals surface area contributed by atoms with E-state index >= 15 is 0 Å². The molecule has 0 amide bonds. The van der Waals surface area contributed by atoms with Gasteiger partial charge in [0.1, 0.15) is 25.4 Å². The highest BCUT2D eigenvalue weighted by atomic mass is 31.2. The Balaban J connectivity index is 4.70. The summed E-state index contributed by atoms with van der Waals surface area (Å²) in [5.74, 6) is -1.65. The second kappa shape index (κ2) is 87.2. The second-order valence-corrected chi connectivity index (χ2v) is 31.5. The van der Waals surface area contributed by atoms with Gasteiger partial charge in [0.25, 0.3) is 0 Å². The summed E-state index contributed by atoms with van der Waals surface area (Å²) < 4.78 is 61.3. The number of unbranched alkanes of at least 4 members (excludes halogenated alkanes) is 22. The van der Waals surface area contributed by atoms with E-state index in [-0.39, 0.29) is 19.3 Å². The van der Waals surface area contributed by atoms with Gasteiger partial charge in [-0.3, -0.25) is 32.5 Å². The van der Waals surface area contributed by atoms with Crippen LogP contribution in [0.1, 0.15) is 316 Å². The molecule has 0 aliphatic rings. The van der Waals surface area contributed by atoms with Gasteiger partial charge in [0.2, 0.25) is 0 Å². The predicted octanol–water partition coefficient (Wildman–Crippen LogP) is 27.0. The van der Waals surface area contributed by atoms with E-state index in [4.69, 9.17) is 32.3 Å². The van der Waals surface area contributed by atoms with Crippen LogP contribution in [0.25, 0.3) is 0 Å². The quantitative estimate of drug-likeness (QED) is 0.0146. The number of esters is 3. The first-order valence-corrected chi connectivity index (χ1v) is 47.0. The van der Waals surface area contributed by atoms with Crippen molar-refractivity contribution in [3.8, 4) is 0 Å². The molecule has 4 N–H and O–H groups in total. The van der Waals surface area contributed by atoms with E-state index in [1.807, 2.05) is 0 Å². The van der Waals surface area contributed by atoms with E-state index in [1.54, 1.807) is 0 Å². The van der Waals surface area contributed by atoms with Crippen LogP contribution in [0, 0.1) is 0 Å². The average molecular weight is 1640 g/mol. The Bertz CT molecular complexity index is 2970. The number of aliphatic hydroxyl groups is 2. The summed E-state index contributed by atoms with van der Waals surface area (Å²) in [5, 5.41) is 20.7. The van der Waals surface area contributed by atoms with Crippen LogP contribution < -0.4 is 0 Å². The summed E-state index contributed by atoms with van der Waals surface area (Å²) in [4.78, 5) is 58.9. The molecule has 0 heterocycles. The Hall–Kier alpha value is -6.13. The number of ether oxygens (including phenoxy) is 3. The van der Waals surface area contributed by atoms with Crippen LogP contribution in [-0.4, -0.2) is 95.9 Å². The minimum absolute atomic E-state index is 0.0399. The molecule has 0 aromatic rings. The van der Waals surface area contributed by atoms with Crippen molar-refractivity contribution >= 4 is 33.6 Å². The Morgan fingerprint density at radius 2 is 0.435 bits per heavy atom. The molecule has 0 saturated heterocycles. The van der Waals surface area contributed by atoms with Gasteiger partial charge in [-0.1, -0.05) is 342 Å². The number of carbonyl (C=O) groups is 3. The monoisotopic (exact) mass is 1640 g/mol. The van der Waals surface area contributed by atoms with Crippen molar-refractivity contribution < 1.29 is 75.8 Å². The fourth-order valence-corrected chi connectivity index (χ4v) is 12.7. The molecular formula is C97H156O16P2. The third kappa shape index (κ3) is 88.5. The standard InChI is InChI=1S/C97H156O16P2/c1-4-7-10-13-16-19-22-25-28-31-34-37-39-41-43-45-47-49-51-54-56-59-62-65-68-71-74-77-80-83-95(100)107-86-92(98)87-109-114(103,104)110-88-93(99)89-111-115(105,106)112-91-94(113-97(102)85-82-79-76-73-70-67-64-61-58-53-36-33-30-27-24-21-18-15-12-9-6-3)90-108-96(101)84-81-78-75-72-69-66-63-60-57-55-52-50-48-46-44-42-40-38-35-32-29-26-23-20-17-14-11-8-5-2/h7-12,16-21,25-30,34-38,41-44,47-50,53,61,64,70,73,92-94,98-99H,4-6,13-15,22-24,31-33,39-40,45-46,51-52,54-60,62-63,65-69,71-72,74-91H2,1-3H3,(H,103,104)(H,105,106)/b10-7-,11-8-,12-9-,19-16-,20-17-,21-18-,28-25-,29-26-,30-27-,37-34-,38-35-,43-41-,44-42-,49-47-,50-48-,53-36-,64-61-,73-70-. The van der Waals surface area contributed by atoms with Crippen molar-refractivity contribution in [3.05, 3.63) is 219 Å². The lowest BCUT2D eigenvalue weighted by Crippen LogP contribution is -2.30. The van der Waals surface area contributed by atoms with Crippen LogP contribution in [0.5, 0.6) is 0 Å². The zero-order valence-corrected chi connectivity index (χ0v) is 73.2. The van der Waals surface area contributed by atoms with Crippen molar-refractivity contribution in [2.24, 2.45) is 0 Å². The van der Waals surface area contributed by atoms with Crippen molar-refractivity contribution in [2.75, 3.05) is 39.6 Å². The molecule has 0 aliphatic carbocycles. The lowest BCUT2D eigenvalue weighted by atomic mass is 10.1. The highest BCUT2D eigenvalue weighted by Gasteiger charge is 2.29. The molecule has 0 aromatic heterocycles. The van der Waals surface area contributed by atoms with Gasteiger partial charge in [-0.25, -0.2) is 9.13 Å². The number of phosphoric ester groups is 2. The number of phosphoric acid groups is 2. The van der Waals surface area contributed by atoms with Crippen LogP contribution in [-0.2, 0) is 55.8 Å². The van der Waals surface area contributed by atoms with Crippen LogP contribution in [0.3, 0.4) is 0 Å². The first-order valence-electron chi connectivity index (χ1n) is 44.0. The highest BCUT2D eigenvalue weighted by molar-refractivity contribution is 7.47. The SMILES string of the molecule is CC/C=C\C/C=C\C/C=C\C/C=C\C/C=C\C/C=C\CCCCCCCCCCCCC(=O)OCC(O)COP(=O)(O)OCC(O)COP(=O)(O)OCC(COC(=O)CCCCCCCCCCCC/C=C\C/C=C\C/C=C\C/C=C\C/C=C\C/C=C\CC)OC(=O)CCCC/C=C\C/C=C\C/C=C\C/C=C\C/C=C\C/C=C\CC. The molecule has 0 fully saturated rings. The molecule has 0 aromatic carbocycles. The van der Waals surface area contributed by atoms with Crippen molar-refractivity contribution in [1.82, 2.24) is 0 Å². The summed E-state index contributed by atoms with van der Waals surface area (Å²) in [5.41, 5.74) is 0. The summed E-state index contributed by atoms with van der Waals surface area (Å²) in [6.07, 6.45) is 118. The van der Waals surface area contributed by atoms with Crippen molar-refractivity contribution in [2.45, 2.75) is 334 Å². The molecule has 0 radical (unpaired) electrons. The van der Waals surface area contributed by atoms with E-state index in [1.165, 1.54) is 64.2 Å². The van der Waals surface area contributed by atoms with E-state index in [2.05, 4.69) is 240 Å².